The highest BCUT2D eigenvalue weighted by molar-refractivity contribution is 6.32. The lowest BCUT2D eigenvalue weighted by atomic mass is 10.0. The van der Waals surface area contributed by atoms with Crippen LogP contribution in [-0.4, -0.2) is 18.1 Å². The zero-order valence-corrected chi connectivity index (χ0v) is 9.56. The van der Waals surface area contributed by atoms with E-state index in [1.807, 2.05) is 6.92 Å². The van der Waals surface area contributed by atoms with E-state index >= 15 is 0 Å². The van der Waals surface area contributed by atoms with Gasteiger partial charge in [-0.3, -0.25) is 0 Å². The van der Waals surface area contributed by atoms with Crippen LogP contribution >= 0.6 is 23.2 Å². The first-order valence-electron chi connectivity index (χ1n) is 4.18. The minimum atomic E-state index is -0.680. The lowest BCUT2D eigenvalue weighted by molar-refractivity contribution is 0.202. The Morgan fingerprint density at radius 3 is 2.64 bits per heavy atom. The molecule has 78 valence electrons. The van der Waals surface area contributed by atoms with Gasteiger partial charge in [-0.05, 0) is 30.2 Å². The molecule has 0 aliphatic carbocycles. The summed E-state index contributed by atoms with van der Waals surface area (Å²) in [5.41, 5.74) is 1.66. The second-order valence-corrected chi connectivity index (χ2v) is 3.73. The third-order valence-corrected chi connectivity index (χ3v) is 2.63. The average molecular weight is 235 g/mol. The van der Waals surface area contributed by atoms with E-state index in [1.165, 1.54) is 0 Å². The van der Waals surface area contributed by atoms with E-state index in [4.69, 9.17) is 27.9 Å². The Kier molecular flexibility index (Phi) is 4.05. The Hall–Kier alpha value is -0.440. The largest absolute Gasteiger partial charge is 0.495 e. The molecule has 1 unspecified atom stereocenters. The monoisotopic (exact) mass is 234 g/mol. The maximum Gasteiger partial charge on any atom is 0.137 e. The fourth-order valence-corrected chi connectivity index (χ4v) is 1.68. The number of rotatable bonds is 3. The molecule has 0 aliphatic rings. The summed E-state index contributed by atoms with van der Waals surface area (Å²) in [4.78, 5) is 0. The molecule has 2 nitrogen and oxygen atoms in total. The molecular weight excluding hydrogens is 223 g/mol. The molecule has 0 saturated heterocycles. The minimum absolute atomic E-state index is 0.156. The second-order valence-electron chi connectivity index (χ2n) is 3.01. The van der Waals surface area contributed by atoms with Crippen LogP contribution in [0.1, 0.15) is 17.2 Å². The highest BCUT2D eigenvalue weighted by Crippen LogP contribution is 2.30. The summed E-state index contributed by atoms with van der Waals surface area (Å²) >= 11 is 11.5. The maximum atomic E-state index is 9.57. The van der Waals surface area contributed by atoms with Gasteiger partial charge in [0.2, 0.25) is 0 Å². The van der Waals surface area contributed by atoms with Crippen molar-refractivity contribution in [2.45, 2.75) is 13.0 Å². The van der Waals surface area contributed by atoms with Crippen molar-refractivity contribution in [1.29, 1.82) is 0 Å². The average Bonchev–Trinajstić information content (AvgIpc) is 2.19. The molecule has 0 heterocycles. The summed E-state index contributed by atoms with van der Waals surface area (Å²) in [6.45, 7) is 1.88. The molecule has 4 heteroatoms. The molecule has 0 aliphatic heterocycles. The number of hydrogen-bond donors (Lipinski definition) is 1. The molecule has 0 bridgehead atoms. The summed E-state index contributed by atoms with van der Waals surface area (Å²) in [6, 6.07) is 3.47. The van der Waals surface area contributed by atoms with Crippen LogP contribution in [0.3, 0.4) is 0 Å². The standard InChI is InChI=1S/C10H12Cl2O2/c1-6-3-10(14-2)8(12)4-7(6)9(13)5-11/h3-4,9,13H,5H2,1-2H3. The third kappa shape index (κ3) is 2.32. The van der Waals surface area contributed by atoms with Gasteiger partial charge >= 0.3 is 0 Å². The SMILES string of the molecule is COc1cc(C)c(C(O)CCl)cc1Cl. The number of alkyl halides is 1. The Morgan fingerprint density at radius 1 is 1.50 bits per heavy atom. The van der Waals surface area contributed by atoms with E-state index in [1.54, 1.807) is 19.2 Å². The van der Waals surface area contributed by atoms with Gasteiger partial charge in [0.15, 0.2) is 0 Å². The maximum absolute atomic E-state index is 9.57. The van der Waals surface area contributed by atoms with E-state index in [0.29, 0.717) is 10.8 Å². The van der Waals surface area contributed by atoms with E-state index < -0.39 is 6.10 Å². The van der Waals surface area contributed by atoms with Crippen LogP contribution in [0.2, 0.25) is 5.02 Å². The Labute approximate surface area is 93.4 Å². The first-order chi connectivity index (χ1) is 6.60. The predicted octanol–water partition coefficient (Wildman–Crippen LogP) is 2.93. The van der Waals surface area contributed by atoms with Gasteiger partial charge in [0, 0.05) is 0 Å². The molecule has 0 saturated carbocycles. The number of ether oxygens (including phenoxy) is 1. The van der Waals surface area contributed by atoms with Gasteiger partial charge in [0.25, 0.3) is 0 Å². The quantitative estimate of drug-likeness (QED) is 0.816. The van der Waals surface area contributed by atoms with Crippen molar-refractivity contribution in [2.75, 3.05) is 13.0 Å². The number of aryl methyl sites for hydroxylation is 1. The zero-order valence-electron chi connectivity index (χ0n) is 8.05. The number of hydrogen-bond acceptors (Lipinski definition) is 2. The Bertz CT molecular complexity index is 326. The molecule has 1 aromatic carbocycles. The molecule has 0 radical (unpaired) electrons. The van der Waals surface area contributed by atoms with Crippen LogP contribution in [0.25, 0.3) is 0 Å². The van der Waals surface area contributed by atoms with Gasteiger partial charge in [-0.25, -0.2) is 0 Å². The summed E-state index contributed by atoms with van der Waals surface area (Å²) in [7, 11) is 1.55. The normalized spacial score (nSPS) is 12.6. The van der Waals surface area contributed by atoms with Gasteiger partial charge < -0.3 is 9.84 Å². The van der Waals surface area contributed by atoms with Gasteiger partial charge in [-0.1, -0.05) is 11.6 Å². The summed E-state index contributed by atoms with van der Waals surface area (Å²) in [5, 5.41) is 10.1. The first kappa shape index (κ1) is 11.6. The number of aliphatic hydroxyl groups excluding tert-OH is 1. The topological polar surface area (TPSA) is 29.5 Å². The molecule has 0 spiro atoms. The first-order valence-corrected chi connectivity index (χ1v) is 5.09. The number of halogens is 2. The second kappa shape index (κ2) is 4.87. The molecule has 0 aromatic heterocycles. The lowest BCUT2D eigenvalue weighted by Gasteiger charge is -2.13. The van der Waals surface area contributed by atoms with Crippen LogP contribution in [-0.2, 0) is 0 Å². The van der Waals surface area contributed by atoms with E-state index in [0.717, 1.165) is 11.1 Å². The van der Waals surface area contributed by atoms with Gasteiger partial charge in [-0.15, -0.1) is 11.6 Å². The summed E-state index contributed by atoms with van der Waals surface area (Å²) in [5.74, 6) is 0.762. The van der Waals surface area contributed by atoms with Crippen molar-refractivity contribution >= 4 is 23.2 Å². The number of aliphatic hydroxyl groups is 1. The zero-order chi connectivity index (χ0) is 10.7. The van der Waals surface area contributed by atoms with Crippen LogP contribution < -0.4 is 4.74 Å². The van der Waals surface area contributed by atoms with E-state index in [-0.39, 0.29) is 5.88 Å². The highest BCUT2D eigenvalue weighted by atomic mass is 35.5. The molecular formula is C10H12Cl2O2. The molecule has 0 amide bonds. The summed E-state index contributed by atoms with van der Waals surface area (Å²) < 4.78 is 5.05. The number of methoxy groups -OCH3 is 1. The van der Waals surface area contributed by atoms with Crippen LogP contribution in [0.4, 0.5) is 0 Å². The molecule has 1 atom stereocenters. The Balaban J connectivity index is 3.14. The van der Waals surface area contributed by atoms with E-state index in [2.05, 4.69) is 0 Å². The fraction of sp³-hybridized carbons (Fsp3) is 0.400. The van der Waals surface area contributed by atoms with Crippen LogP contribution in [0.5, 0.6) is 5.75 Å². The molecule has 0 fully saturated rings. The van der Waals surface area contributed by atoms with Crippen LogP contribution in [0.15, 0.2) is 12.1 Å². The smallest absolute Gasteiger partial charge is 0.137 e. The molecule has 1 rings (SSSR count). The predicted molar refractivity (Wildman–Crippen MR) is 58.4 cm³/mol. The Morgan fingerprint density at radius 2 is 2.14 bits per heavy atom. The van der Waals surface area contributed by atoms with Crippen molar-refractivity contribution in [3.63, 3.8) is 0 Å². The highest BCUT2D eigenvalue weighted by Gasteiger charge is 2.12. The molecule has 1 aromatic rings. The van der Waals surface area contributed by atoms with Gasteiger partial charge in [-0.2, -0.15) is 0 Å². The minimum Gasteiger partial charge on any atom is -0.495 e. The molecule has 14 heavy (non-hydrogen) atoms. The van der Waals surface area contributed by atoms with Gasteiger partial charge in [0.1, 0.15) is 5.75 Å². The number of benzene rings is 1. The lowest BCUT2D eigenvalue weighted by Crippen LogP contribution is -2.02. The fourth-order valence-electron chi connectivity index (χ4n) is 1.27. The van der Waals surface area contributed by atoms with Crippen molar-refractivity contribution < 1.29 is 9.84 Å². The van der Waals surface area contributed by atoms with Crippen molar-refractivity contribution in [3.8, 4) is 5.75 Å². The van der Waals surface area contributed by atoms with Crippen molar-refractivity contribution in [3.05, 3.63) is 28.3 Å². The van der Waals surface area contributed by atoms with E-state index in [9.17, 15) is 5.11 Å². The van der Waals surface area contributed by atoms with Crippen LogP contribution in [0, 0.1) is 6.92 Å². The van der Waals surface area contributed by atoms with Crippen molar-refractivity contribution in [1.82, 2.24) is 0 Å². The van der Waals surface area contributed by atoms with Crippen molar-refractivity contribution in [2.24, 2.45) is 0 Å². The third-order valence-electron chi connectivity index (χ3n) is 2.05. The summed E-state index contributed by atoms with van der Waals surface area (Å²) in [6.07, 6.45) is -0.680. The molecule has 1 N–H and O–H groups in total. The van der Waals surface area contributed by atoms with Gasteiger partial charge in [0.05, 0.1) is 24.1 Å².